The van der Waals surface area contributed by atoms with E-state index in [2.05, 4.69) is 87.8 Å². The van der Waals surface area contributed by atoms with Gasteiger partial charge in [-0.15, -0.1) is 0 Å². The molecule has 1 aliphatic carbocycles. The molecule has 2 aromatic heterocycles. The molecule has 0 radical (unpaired) electrons. The van der Waals surface area contributed by atoms with Crippen LogP contribution in [0, 0.1) is 0 Å². The van der Waals surface area contributed by atoms with Gasteiger partial charge in [-0.3, -0.25) is 5.10 Å². The van der Waals surface area contributed by atoms with Gasteiger partial charge in [0.25, 0.3) is 0 Å². The van der Waals surface area contributed by atoms with Crippen molar-refractivity contribution in [3.8, 4) is 0 Å². The maximum Gasteiger partial charge on any atom is 0.229 e. The molecule has 5 N–H and O–H groups in total. The number of anilines is 4. The molecule has 0 atom stereocenters. The molecule has 5 rings (SSSR count). The number of halogens is 1. The number of allylic oxidation sites excluding steroid dienone is 1. The zero-order chi connectivity index (χ0) is 22.6. The van der Waals surface area contributed by atoms with Crippen LogP contribution in [0.3, 0.4) is 0 Å². The van der Waals surface area contributed by atoms with Crippen LogP contribution in [-0.4, -0.2) is 51.2 Å². The number of nitrogens with zero attached hydrogens (tertiary/aromatic N) is 4. The quantitative estimate of drug-likeness (QED) is 0.351. The van der Waals surface area contributed by atoms with E-state index < -0.39 is 0 Å². The number of hydrogen-bond acceptors (Lipinski definition) is 6. The van der Waals surface area contributed by atoms with Crippen LogP contribution in [0.5, 0.6) is 0 Å². The van der Waals surface area contributed by atoms with E-state index in [1.54, 1.807) is 6.20 Å². The van der Waals surface area contributed by atoms with Gasteiger partial charge in [0.15, 0.2) is 11.6 Å². The number of benzene rings is 1. The number of hydrogen-bond donors (Lipinski definition) is 4. The third-order valence-corrected chi connectivity index (χ3v) is 6.72. The molecule has 1 saturated heterocycles. The molecule has 2 fully saturated rings. The lowest BCUT2D eigenvalue weighted by atomic mass is 10.1. The van der Waals surface area contributed by atoms with Crippen molar-refractivity contribution < 1.29 is 5.32 Å². The maximum absolute atomic E-state index is 4.64. The van der Waals surface area contributed by atoms with E-state index in [4.69, 9.17) is 0 Å². The number of aryl methyl sites for hydroxylation is 1. The number of aromatic nitrogens is 4. The Hall–Kier alpha value is -2.91. The van der Waals surface area contributed by atoms with Crippen LogP contribution in [0.1, 0.15) is 36.4 Å². The third-order valence-electron chi connectivity index (χ3n) is 6.14. The molecular weight excluding hydrogens is 480 g/mol. The van der Waals surface area contributed by atoms with Gasteiger partial charge in [-0.25, -0.2) is 4.98 Å². The number of aromatic amines is 1. The minimum absolute atomic E-state index is 0.532. The van der Waals surface area contributed by atoms with Crippen LogP contribution in [-0.2, 0) is 6.42 Å². The van der Waals surface area contributed by atoms with Gasteiger partial charge in [-0.1, -0.05) is 18.7 Å². The number of nitrogens with one attached hydrogen (secondary N) is 3. The predicted molar refractivity (Wildman–Crippen MR) is 134 cm³/mol. The van der Waals surface area contributed by atoms with Crippen LogP contribution >= 0.6 is 15.9 Å². The standard InChI is InChI=1S/C24H29BrN8/c1-16(33-11-9-26-10-12-33)5-6-17-3-2-4-19(13-17)28-24-27-15-20(25)23(30-24)29-22-14-21(31-32-22)18-7-8-18/h2-4,13-15,18,26H,1,5-12H2,(H3,27,28,29,30,31,32)/p+1. The van der Waals surface area contributed by atoms with Crippen molar-refractivity contribution in [2.24, 2.45) is 0 Å². The van der Waals surface area contributed by atoms with Crippen LogP contribution in [0.25, 0.3) is 0 Å². The molecule has 172 valence electrons. The highest BCUT2D eigenvalue weighted by molar-refractivity contribution is 9.10. The molecule has 9 heteroatoms. The average molecular weight is 510 g/mol. The molecule has 0 amide bonds. The number of rotatable bonds is 9. The first-order valence-electron chi connectivity index (χ1n) is 11.6. The van der Waals surface area contributed by atoms with Gasteiger partial charge < -0.3 is 20.9 Å². The first-order valence-corrected chi connectivity index (χ1v) is 12.4. The van der Waals surface area contributed by atoms with Gasteiger partial charge in [0.05, 0.1) is 30.7 Å². The van der Waals surface area contributed by atoms with Gasteiger partial charge in [-0.05, 0) is 59.3 Å². The zero-order valence-electron chi connectivity index (χ0n) is 18.6. The fourth-order valence-corrected chi connectivity index (χ4v) is 4.38. The van der Waals surface area contributed by atoms with Gasteiger partial charge in [-0.2, -0.15) is 10.1 Å². The van der Waals surface area contributed by atoms with Crippen molar-refractivity contribution in [2.45, 2.75) is 31.6 Å². The Labute approximate surface area is 202 Å². The van der Waals surface area contributed by atoms with Gasteiger partial charge in [0.2, 0.25) is 5.95 Å². The summed E-state index contributed by atoms with van der Waals surface area (Å²) in [7, 11) is 0. The van der Waals surface area contributed by atoms with Gasteiger partial charge in [0, 0.05) is 35.3 Å². The summed E-state index contributed by atoms with van der Waals surface area (Å²) in [5.74, 6) is 2.59. The normalized spacial score (nSPS) is 16.0. The van der Waals surface area contributed by atoms with Crippen molar-refractivity contribution in [3.63, 3.8) is 0 Å². The molecule has 1 saturated carbocycles. The Kier molecular flexibility index (Phi) is 6.59. The maximum atomic E-state index is 4.64. The smallest absolute Gasteiger partial charge is 0.229 e. The van der Waals surface area contributed by atoms with E-state index in [9.17, 15) is 0 Å². The second-order valence-electron chi connectivity index (χ2n) is 8.74. The van der Waals surface area contributed by atoms with Gasteiger partial charge in [0.1, 0.15) is 0 Å². The second kappa shape index (κ2) is 9.93. The van der Waals surface area contributed by atoms with Gasteiger partial charge >= 0.3 is 0 Å². The van der Waals surface area contributed by atoms with Crippen LogP contribution in [0.15, 0.2) is 53.3 Å². The fraction of sp³-hybridized carbons (Fsp3) is 0.375. The molecule has 0 bridgehead atoms. The molecule has 2 aliphatic rings. The highest BCUT2D eigenvalue weighted by Crippen LogP contribution is 2.39. The molecule has 8 nitrogen and oxygen atoms in total. The van der Waals surface area contributed by atoms with Crippen molar-refractivity contribution in [1.29, 1.82) is 0 Å². The Morgan fingerprint density at radius 3 is 2.88 bits per heavy atom. The zero-order valence-corrected chi connectivity index (χ0v) is 20.2. The van der Waals surface area contributed by atoms with Crippen molar-refractivity contribution in [3.05, 3.63) is 64.5 Å². The first kappa shape index (κ1) is 21.9. The van der Waals surface area contributed by atoms with Crippen LogP contribution in [0.4, 0.5) is 23.3 Å². The van der Waals surface area contributed by atoms with E-state index >= 15 is 0 Å². The summed E-state index contributed by atoms with van der Waals surface area (Å²) >= 11 is 3.53. The highest BCUT2D eigenvalue weighted by atomic mass is 79.9. The van der Waals surface area contributed by atoms with E-state index in [0.29, 0.717) is 17.7 Å². The number of nitrogens with two attached hydrogens (primary N) is 1. The monoisotopic (exact) mass is 509 g/mol. The summed E-state index contributed by atoms with van der Waals surface area (Å²) in [6.45, 7) is 8.81. The molecule has 33 heavy (non-hydrogen) atoms. The number of quaternary nitrogens is 1. The lowest BCUT2D eigenvalue weighted by Crippen LogP contribution is -2.89. The molecule has 0 spiro atoms. The van der Waals surface area contributed by atoms with E-state index in [1.165, 1.54) is 29.8 Å². The van der Waals surface area contributed by atoms with E-state index in [-0.39, 0.29) is 0 Å². The largest absolute Gasteiger partial charge is 0.364 e. The Balaban J connectivity index is 1.21. The highest BCUT2D eigenvalue weighted by Gasteiger charge is 2.25. The molecule has 1 aromatic carbocycles. The predicted octanol–water partition coefficient (Wildman–Crippen LogP) is 3.65. The number of piperazine rings is 1. The SMILES string of the molecule is C=C(CCc1cccc(Nc2ncc(Br)c(Nc3cc(C4CC4)[nH]n3)n2)c1)N1CC[NH2+]CC1. The minimum atomic E-state index is 0.532. The summed E-state index contributed by atoms with van der Waals surface area (Å²) in [5.41, 5.74) is 4.65. The molecule has 3 heterocycles. The lowest BCUT2D eigenvalue weighted by Gasteiger charge is -2.29. The minimum Gasteiger partial charge on any atom is -0.364 e. The van der Waals surface area contributed by atoms with Crippen molar-refractivity contribution >= 4 is 39.2 Å². The van der Waals surface area contributed by atoms with Crippen LogP contribution < -0.4 is 16.0 Å². The summed E-state index contributed by atoms with van der Waals surface area (Å²) in [4.78, 5) is 11.5. The summed E-state index contributed by atoms with van der Waals surface area (Å²) in [6, 6.07) is 10.5. The molecule has 3 aromatic rings. The summed E-state index contributed by atoms with van der Waals surface area (Å²) in [6.07, 6.45) is 6.15. The second-order valence-corrected chi connectivity index (χ2v) is 9.60. The van der Waals surface area contributed by atoms with Crippen LogP contribution in [0.2, 0.25) is 0 Å². The average Bonchev–Trinajstić information content (AvgIpc) is 3.59. The fourth-order valence-electron chi connectivity index (χ4n) is 4.09. The Bertz CT molecular complexity index is 1120. The Morgan fingerprint density at radius 1 is 1.21 bits per heavy atom. The molecule has 1 aliphatic heterocycles. The molecular formula is C24H30BrN8+. The Morgan fingerprint density at radius 2 is 2.06 bits per heavy atom. The summed E-state index contributed by atoms with van der Waals surface area (Å²) in [5, 5.41) is 16.4. The first-order chi connectivity index (χ1) is 16.1. The third kappa shape index (κ3) is 5.72. The van der Waals surface area contributed by atoms with Crippen molar-refractivity contribution in [1.82, 2.24) is 25.1 Å². The topological polar surface area (TPSA) is 98.4 Å². The molecule has 0 unspecified atom stereocenters. The van der Waals surface area contributed by atoms with E-state index in [0.717, 1.165) is 55.0 Å². The van der Waals surface area contributed by atoms with Crippen molar-refractivity contribution in [2.75, 3.05) is 36.8 Å². The van der Waals surface area contributed by atoms with E-state index in [1.807, 2.05) is 6.07 Å². The summed E-state index contributed by atoms with van der Waals surface area (Å²) < 4.78 is 0.784. The lowest BCUT2D eigenvalue weighted by molar-refractivity contribution is -0.662. The number of H-pyrrole nitrogens is 1.